The van der Waals surface area contributed by atoms with Crippen molar-refractivity contribution in [3.05, 3.63) is 59.9 Å². The normalized spacial score (nSPS) is 22.0. The molecule has 2 aliphatic carbocycles. The molecule has 2 atom stereocenters. The number of ether oxygens (including phenoxy) is 1. The Kier molecular flexibility index (Phi) is 4.20. The molecule has 24 heavy (non-hydrogen) atoms. The van der Waals surface area contributed by atoms with Crippen molar-refractivity contribution < 1.29 is 9.53 Å². The quantitative estimate of drug-likeness (QED) is 0.851. The van der Waals surface area contributed by atoms with Gasteiger partial charge in [-0.2, -0.15) is 0 Å². The lowest BCUT2D eigenvalue weighted by molar-refractivity contribution is -0.122. The fourth-order valence-electron chi connectivity index (χ4n) is 3.04. The van der Waals surface area contributed by atoms with Gasteiger partial charge in [0, 0.05) is 30.4 Å². The van der Waals surface area contributed by atoms with Gasteiger partial charge in [0.1, 0.15) is 5.75 Å². The van der Waals surface area contributed by atoms with E-state index in [1.807, 2.05) is 42.6 Å². The van der Waals surface area contributed by atoms with E-state index in [1.54, 1.807) is 6.20 Å². The highest BCUT2D eigenvalue weighted by atomic mass is 16.5. The van der Waals surface area contributed by atoms with E-state index in [0.717, 1.165) is 35.8 Å². The lowest BCUT2D eigenvalue weighted by Gasteiger charge is -2.12. The number of aromatic nitrogens is 1. The number of para-hydroxylation sites is 1. The van der Waals surface area contributed by atoms with E-state index < -0.39 is 0 Å². The van der Waals surface area contributed by atoms with Crippen molar-refractivity contribution in [2.24, 2.45) is 11.8 Å². The van der Waals surface area contributed by atoms with Crippen LogP contribution < -0.4 is 10.1 Å². The summed E-state index contributed by atoms with van der Waals surface area (Å²) in [6.07, 6.45) is 7.09. The van der Waals surface area contributed by atoms with Gasteiger partial charge in [-0.25, -0.2) is 0 Å². The number of nitrogens with zero attached hydrogens (tertiary/aromatic N) is 1. The number of nitrogens with one attached hydrogen (secondary N) is 1. The van der Waals surface area contributed by atoms with E-state index in [1.165, 1.54) is 12.8 Å². The second-order valence-electron chi connectivity index (χ2n) is 6.81. The van der Waals surface area contributed by atoms with Crippen LogP contribution >= 0.6 is 0 Å². The van der Waals surface area contributed by atoms with Gasteiger partial charge in [0.25, 0.3) is 0 Å². The predicted molar refractivity (Wildman–Crippen MR) is 91.6 cm³/mol. The van der Waals surface area contributed by atoms with Crippen LogP contribution in [0.4, 0.5) is 0 Å². The summed E-state index contributed by atoms with van der Waals surface area (Å²) in [7, 11) is 0. The van der Waals surface area contributed by atoms with Crippen molar-refractivity contribution in [1.29, 1.82) is 0 Å². The highest BCUT2D eigenvalue weighted by Gasteiger charge is 2.43. The molecule has 4 rings (SSSR count). The Hall–Kier alpha value is -2.36. The molecule has 1 aromatic carbocycles. The first kappa shape index (κ1) is 15.2. The summed E-state index contributed by atoms with van der Waals surface area (Å²) >= 11 is 0. The van der Waals surface area contributed by atoms with Crippen molar-refractivity contribution in [2.45, 2.75) is 31.7 Å². The summed E-state index contributed by atoms with van der Waals surface area (Å²) in [6.45, 7) is 1.31. The van der Waals surface area contributed by atoms with Crippen molar-refractivity contribution >= 4 is 5.91 Å². The zero-order valence-electron chi connectivity index (χ0n) is 13.7. The van der Waals surface area contributed by atoms with Gasteiger partial charge in [0.15, 0.2) is 0 Å². The molecule has 2 aliphatic rings. The number of amides is 1. The maximum atomic E-state index is 12.4. The summed E-state index contributed by atoms with van der Waals surface area (Å²) < 4.78 is 5.90. The minimum absolute atomic E-state index is 0.0775. The number of benzene rings is 1. The number of hydrogen-bond acceptors (Lipinski definition) is 3. The van der Waals surface area contributed by atoms with Gasteiger partial charge in [-0.3, -0.25) is 9.78 Å². The highest BCUT2D eigenvalue weighted by molar-refractivity contribution is 5.82. The lowest BCUT2D eigenvalue weighted by atomic mass is 10.1. The van der Waals surface area contributed by atoms with Crippen LogP contribution in [0.1, 0.15) is 36.3 Å². The third kappa shape index (κ3) is 3.58. The summed E-state index contributed by atoms with van der Waals surface area (Å²) in [5.74, 6) is 2.14. The minimum Gasteiger partial charge on any atom is -0.493 e. The van der Waals surface area contributed by atoms with Crippen LogP contribution in [-0.2, 0) is 11.3 Å². The Balaban J connectivity index is 1.31. The van der Waals surface area contributed by atoms with E-state index in [4.69, 9.17) is 4.74 Å². The van der Waals surface area contributed by atoms with Crippen LogP contribution in [0.2, 0.25) is 0 Å². The van der Waals surface area contributed by atoms with Crippen molar-refractivity contribution in [3.63, 3.8) is 0 Å². The lowest BCUT2D eigenvalue weighted by Crippen LogP contribution is -2.25. The maximum Gasteiger partial charge on any atom is 0.224 e. The monoisotopic (exact) mass is 322 g/mol. The Morgan fingerprint density at radius 3 is 2.88 bits per heavy atom. The van der Waals surface area contributed by atoms with Gasteiger partial charge in [-0.05, 0) is 48.8 Å². The topological polar surface area (TPSA) is 51.2 Å². The van der Waals surface area contributed by atoms with Crippen molar-refractivity contribution in [1.82, 2.24) is 10.3 Å². The standard InChI is InChI=1S/C20H22N2O2/c23-20(18-10-17(18)15-5-3-9-21-11-15)22-12-16-4-1-2-6-19(16)24-13-14-7-8-14/h1-6,9,11,14,17-18H,7-8,10,12-13H2,(H,22,23)/t17-,18-/m0/s1. The van der Waals surface area contributed by atoms with Gasteiger partial charge in [0.2, 0.25) is 5.91 Å². The molecule has 0 radical (unpaired) electrons. The molecule has 2 saturated carbocycles. The number of pyridine rings is 1. The SMILES string of the molecule is O=C(NCc1ccccc1OCC1CC1)[C@H]1C[C@H]1c1cccnc1. The summed E-state index contributed by atoms with van der Waals surface area (Å²) in [5.41, 5.74) is 2.20. The first-order valence-electron chi connectivity index (χ1n) is 8.69. The second-order valence-corrected chi connectivity index (χ2v) is 6.81. The van der Waals surface area contributed by atoms with Crippen LogP contribution in [-0.4, -0.2) is 17.5 Å². The molecule has 0 aliphatic heterocycles. The van der Waals surface area contributed by atoms with Crippen LogP contribution in [0, 0.1) is 11.8 Å². The molecule has 4 heteroatoms. The molecule has 0 spiro atoms. The van der Waals surface area contributed by atoms with E-state index in [9.17, 15) is 4.79 Å². The number of carbonyl (C=O) groups excluding carboxylic acids is 1. The summed E-state index contributed by atoms with van der Waals surface area (Å²) in [5, 5.41) is 3.06. The average Bonchev–Trinajstić information content (AvgIpc) is 3.53. The third-order valence-electron chi connectivity index (χ3n) is 4.84. The first-order chi connectivity index (χ1) is 11.8. The Morgan fingerprint density at radius 2 is 2.08 bits per heavy atom. The zero-order valence-corrected chi connectivity index (χ0v) is 13.7. The van der Waals surface area contributed by atoms with Crippen LogP contribution in [0.5, 0.6) is 5.75 Å². The Labute approximate surface area is 142 Å². The fraction of sp³-hybridized carbons (Fsp3) is 0.400. The fourth-order valence-corrected chi connectivity index (χ4v) is 3.04. The summed E-state index contributed by atoms with van der Waals surface area (Å²) in [6, 6.07) is 11.9. The molecule has 124 valence electrons. The molecular formula is C20H22N2O2. The van der Waals surface area contributed by atoms with E-state index in [0.29, 0.717) is 12.5 Å². The molecular weight excluding hydrogens is 300 g/mol. The van der Waals surface area contributed by atoms with E-state index in [2.05, 4.69) is 10.3 Å². The van der Waals surface area contributed by atoms with Gasteiger partial charge in [-0.15, -0.1) is 0 Å². The number of rotatable bonds is 7. The smallest absolute Gasteiger partial charge is 0.224 e. The van der Waals surface area contributed by atoms with E-state index in [-0.39, 0.29) is 11.8 Å². The maximum absolute atomic E-state index is 12.4. The Morgan fingerprint density at radius 1 is 1.21 bits per heavy atom. The van der Waals surface area contributed by atoms with Gasteiger partial charge < -0.3 is 10.1 Å². The number of carbonyl (C=O) groups is 1. The van der Waals surface area contributed by atoms with Crippen LogP contribution in [0.15, 0.2) is 48.8 Å². The number of hydrogen-bond donors (Lipinski definition) is 1. The first-order valence-corrected chi connectivity index (χ1v) is 8.69. The molecule has 2 aromatic rings. The molecule has 0 unspecified atom stereocenters. The van der Waals surface area contributed by atoms with Gasteiger partial charge in [0.05, 0.1) is 6.61 Å². The minimum atomic E-state index is 0.0775. The molecule has 1 aromatic heterocycles. The highest BCUT2D eigenvalue weighted by Crippen LogP contribution is 2.47. The molecule has 1 amide bonds. The average molecular weight is 322 g/mol. The van der Waals surface area contributed by atoms with E-state index >= 15 is 0 Å². The molecule has 4 nitrogen and oxygen atoms in total. The molecule has 0 saturated heterocycles. The third-order valence-corrected chi connectivity index (χ3v) is 4.84. The molecule has 1 N–H and O–H groups in total. The molecule has 1 heterocycles. The van der Waals surface area contributed by atoms with Crippen LogP contribution in [0.25, 0.3) is 0 Å². The van der Waals surface area contributed by atoms with Gasteiger partial charge in [-0.1, -0.05) is 24.3 Å². The zero-order chi connectivity index (χ0) is 16.4. The largest absolute Gasteiger partial charge is 0.493 e. The Bertz CT molecular complexity index is 713. The van der Waals surface area contributed by atoms with Crippen molar-refractivity contribution in [3.8, 4) is 5.75 Å². The second kappa shape index (κ2) is 6.63. The molecule has 0 bridgehead atoms. The van der Waals surface area contributed by atoms with Gasteiger partial charge >= 0.3 is 0 Å². The van der Waals surface area contributed by atoms with Crippen molar-refractivity contribution in [2.75, 3.05) is 6.61 Å². The molecule has 2 fully saturated rings. The summed E-state index contributed by atoms with van der Waals surface area (Å²) in [4.78, 5) is 16.5. The predicted octanol–water partition coefficient (Wildman–Crippen LogP) is 3.29. The van der Waals surface area contributed by atoms with Crippen LogP contribution in [0.3, 0.4) is 0 Å².